The number of H-pyrrole nitrogens is 1. The van der Waals surface area contributed by atoms with Crippen molar-refractivity contribution in [2.75, 3.05) is 7.05 Å². The van der Waals surface area contributed by atoms with Gasteiger partial charge in [0.15, 0.2) is 10.4 Å². The van der Waals surface area contributed by atoms with Crippen molar-refractivity contribution in [3.8, 4) is 0 Å². The van der Waals surface area contributed by atoms with Crippen molar-refractivity contribution in [1.82, 2.24) is 24.2 Å². The minimum Gasteiger partial charge on any atom is -0.328 e. The zero-order chi connectivity index (χ0) is 14.6. The van der Waals surface area contributed by atoms with Gasteiger partial charge in [-0.25, -0.2) is 0 Å². The van der Waals surface area contributed by atoms with E-state index in [2.05, 4.69) is 10.1 Å². The summed E-state index contributed by atoms with van der Waals surface area (Å²) >= 11 is 5.32. The van der Waals surface area contributed by atoms with E-state index in [9.17, 15) is 9.59 Å². The Labute approximate surface area is 120 Å². The summed E-state index contributed by atoms with van der Waals surface area (Å²) in [5.41, 5.74) is 2.50. The molecule has 0 aliphatic carbocycles. The molecule has 0 spiro atoms. The number of imide groups is 1. The first-order valence-electron chi connectivity index (χ1n) is 6.42. The summed E-state index contributed by atoms with van der Waals surface area (Å²) in [6, 6.07) is -0.575. The number of aromatic nitrogens is 4. The van der Waals surface area contributed by atoms with Gasteiger partial charge < -0.3 is 4.98 Å². The Bertz CT molecular complexity index is 784. The van der Waals surface area contributed by atoms with Crippen molar-refractivity contribution in [3.63, 3.8) is 0 Å². The molecule has 20 heavy (non-hydrogen) atoms. The lowest BCUT2D eigenvalue weighted by atomic mass is 10.2. The van der Waals surface area contributed by atoms with Crippen molar-refractivity contribution in [1.29, 1.82) is 0 Å². The van der Waals surface area contributed by atoms with Crippen molar-refractivity contribution < 1.29 is 9.59 Å². The molecule has 1 atom stereocenters. The lowest BCUT2D eigenvalue weighted by Crippen LogP contribution is -2.27. The highest BCUT2D eigenvalue weighted by molar-refractivity contribution is 7.71. The van der Waals surface area contributed by atoms with Gasteiger partial charge in [0.25, 0.3) is 5.91 Å². The summed E-state index contributed by atoms with van der Waals surface area (Å²) in [7, 11) is 3.31. The van der Waals surface area contributed by atoms with Crippen LogP contribution in [0.25, 0.3) is 11.2 Å². The maximum absolute atomic E-state index is 12.2. The van der Waals surface area contributed by atoms with Crippen LogP contribution in [0.15, 0.2) is 0 Å². The topological polar surface area (TPSA) is 75.9 Å². The minimum absolute atomic E-state index is 0.142. The first kappa shape index (κ1) is 13.0. The lowest BCUT2D eigenvalue weighted by molar-refractivity contribution is -0.137. The van der Waals surface area contributed by atoms with Gasteiger partial charge in [0.2, 0.25) is 5.91 Å². The number of aryl methyl sites for hydroxylation is 2. The van der Waals surface area contributed by atoms with E-state index in [1.807, 2.05) is 14.0 Å². The van der Waals surface area contributed by atoms with Gasteiger partial charge >= 0.3 is 0 Å². The highest BCUT2D eigenvalue weighted by atomic mass is 32.1. The number of nitrogens with zero attached hydrogens (tertiary/aromatic N) is 4. The molecule has 8 heteroatoms. The van der Waals surface area contributed by atoms with E-state index in [1.165, 1.54) is 7.05 Å². The SMILES string of the molecule is CCc1nn(C)c2c1[nH]c(=S)n2C1CC(=O)N(C)C1=O. The van der Waals surface area contributed by atoms with Crippen LogP contribution in [0, 0.1) is 4.77 Å². The van der Waals surface area contributed by atoms with Gasteiger partial charge in [0.05, 0.1) is 12.1 Å². The zero-order valence-electron chi connectivity index (χ0n) is 11.5. The Kier molecular flexibility index (Phi) is 2.79. The van der Waals surface area contributed by atoms with Gasteiger partial charge in [-0.15, -0.1) is 0 Å². The molecule has 2 aromatic rings. The smallest absolute Gasteiger partial charge is 0.252 e. The Morgan fingerprint density at radius 1 is 1.40 bits per heavy atom. The van der Waals surface area contributed by atoms with Crippen molar-refractivity contribution in [2.24, 2.45) is 7.05 Å². The maximum atomic E-state index is 12.2. The van der Waals surface area contributed by atoms with Crippen molar-refractivity contribution in [3.05, 3.63) is 10.5 Å². The number of imidazole rings is 1. The lowest BCUT2D eigenvalue weighted by Gasteiger charge is -2.11. The Hall–Kier alpha value is -1.96. The summed E-state index contributed by atoms with van der Waals surface area (Å²) in [6.45, 7) is 2.01. The molecular weight excluding hydrogens is 278 g/mol. The third-order valence-electron chi connectivity index (χ3n) is 3.77. The molecule has 1 unspecified atom stereocenters. The van der Waals surface area contributed by atoms with Crippen LogP contribution in [-0.2, 0) is 23.1 Å². The van der Waals surface area contributed by atoms with Crippen LogP contribution in [-0.4, -0.2) is 43.1 Å². The third kappa shape index (κ3) is 1.57. The summed E-state index contributed by atoms with van der Waals surface area (Å²) in [6.07, 6.45) is 0.910. The number of aromatic amines is 1. The number of rotatable bonds is 2. The number of nitrogens with one attached hydrogen (secondary N) is 1. The van der Waals surface area contributed by atoms with E-state index in [0.717, 1.165) is 28.2 Å². The van der Waals surface area contributed by atoms with Crippen LogP contribution < -0.4 is 0 Å². The zero-order valence-corrected chi connectivity index (χ0v) is 12.3. The molecule has 0 radical (unpaired) electrons. The number of carbonyl (C=O) groups is 2. The fraction of sp³-hybridized carbons (Fsp3) is 0.500. The molecule has 0 aromatic carbocycles. The molecule has 2 amide bonds. The van der Waals surface area contributed by atoms with Crippen LogP contribution in [0.4, 0.5) is 0 Å². The van der Waals surface area contributed by atoms with Crippen LogP contribution in [0.2, 0.25) is 0 Å². The number of hydrogen-bond acceptors (Lipinski definition) is 4. The van der Waals surface area contributed by atoms with Crippen molar-refractivity contribution in [2.45, 2.75) is 25.8 Å². The van der Waals surface area contributed by atoms with E-state index in [4.69, 9.17) is 12.2 Å². The quantitative estimate of drug-likeness (QED) is 0.660. The first-order chi connectivity index (χ1) is 9.45. The Morgan fingerprint density at radius 3 is 2.65 bits per heavy atom. The Balaban J connectivity index is 2.25. The highest BCUT2D eigenvalue weighted by Crippen LogP contribution is 2.29. The first-order valence-corrected chi connectivity index (χ1v) is 6.83. The average Bonchev–Trinajstić information content (AvgIpc) is 2.98. The van der Waals surface area contributed by atoms with Gasteiger partial charge in [0, 0.05) is 14.1 Å². The monoisotopic (exact) mass is 293 g/mol. The molecule has 0 bridgehead atoms. The number of carbonyl (C=O) groups excluding carboxylic acids is 2. The van der Waals surface area contributed by atoms with Gasteiger partial charge in [-0.3, -0.25) is 23.7 Å². The molecule has 1 aliphatic rings. The Morgan fingerprint density at radius 2 is 2.10 bits per heavy atom. The van der Waals surface area contributed by atoms with Crippen LogP contribution in [0.1, 0.15) is 25.1 Å². The molecule has 1 saturated heterocycles. The summed E-state index contributed by atoms with van der Waals surface area (Å²) in [4.78, 5) is 28.2. The van der Waals surface area contributed by atoms with E-state index in [1.54, 1.807) is 9.25 Å². The summed E-state index contributed by atoms with van der Waals surface area (Å²) in [5, 5.41) is 4.41. The van der Waals surface area contributed by atoms with Gasteiger partial charge in [-0.05, 0) is 18.6 Å². The van der Waals surface area contributed by atoms with E-state index >= 15 is 0 Å². The molecule has 1 aliphatic heterocycles. The van der Waals surface area contributed by atoms with Gasteiger partial charge in [-0.2, -0.15) is 5.10 Å². The molecule has 3 heterocycles. The maximum Gasteiger partial charge on any atom is 0.252 e. The third-order valence-corrected chi connectivity index (χ3v) is 4.07. The summed E-state index contributed by atoms with van der Waals surface area (Å²) in [5.74, 6) is -0.416. The molecule has 7 nitrogen and oxygen atoms in total. The molecule has 3 rings (SSSR count). The fourth-order valence-corrected chi connectivity index (χ4v) is 3.03. The van der Waals surface area contributed by atoms with Crippen LogP contribution in [0.3, 0.4) is 0 Å². The molecule has 106 valence electrons. The molecule has 1 fully saturated rings. The predicted octanol–water partition coefficient (Wildman–Crippen LogP) is 0.925. The number of likely N-dealkylation sites (N-methyl/N-ethyl adjacent to an activating group) is 1. The van der Waals surface area contributed by atoms with E-state index in [-0.39, 0.29) is 18.2 Å². The second-order valence-electron chi connectivity index (χ2n) is 4.93. The standard InChI is InChI=1S/C12H15N5O2S/c1-4-6-9-10(16(3)14-6)17(12(20)13-9)7-5-8(18)15(2)11(7)19/h7H,4-5H2,1-3H3,(H,13,20). The van der Waals surface area contributed by atoms with Crippen molar-refractivity contribution >= 4 is 35.2 Å². The van der Waals surface area contributed by atoms with Crippen LogP contribution in [0.5, 0.6) is 0 Å². The molecular formula is C12H15N5O2S. The molecule has 0 saturated carbocycles. The second-order valence-corrected chi connectivity index (χ2v) is 5.32. The second kappa shape index (κ2) is 4.27. The van der Waals surface area contributed by atoms with Gasteiger partial charge in [0.1, 0.15) is 11.6 Å². The van der Waals surface area contributed by atoms with Gasteiger partial charge in [-0.1, -0.05) is 6.92 Å². The molecule has 2 aromatic heterocycles. The fourth-order valence-electron chi connectivity index (χ4n) is 2.71. The normalized spacial score (nSPS) is 19.6. The number of hydrogen-bond donors (Lipinski definition) is 1. The van der Waals surface area contributed by atoms with E-state index < -0.39 is 6.04 Å². The van der Waals surface area contributed by atoms with Crippen LogP contribution >= 0.6 is 12.2 Å². The predicted molar refractivity (Wildman–Crippen MR) is 74.7 cm³/mol. The summed E-state index contributed by atoms with van der Waals surface area (Å²) < 4.78 is 3.86. The average molecular weight is 293 g/mol. The van der Waals surface area contributed by atoms with E-state index in [0.29, 0.717) is 4.77 Å². The largest absolute Gasteiger partial charge is 0.328 e. The highest BCUT2D eigenvalue weighted by Gasteiger charge is 2.39. The minimum atomic E-state index is -0.575. The number of likely N-dealkylation sites (tertiary alicyclic amines) is 1. The number of amides is 2. The number of fused-ring (bicyclic) bond motifs is 1. The molecule has 1 N–H and O–H groups in total.